The van der Waals surface area contributed by atoms with E-state index in [4.69, 9.17) is 5.73 Å². The summed E-state index contributed by atoms with van der Waals surface area (Å²) in [5.41, 5.74) is 5.68. The van der Waals surface area contributed by atoms with E-state index in [1.54, 1.807) is 18.0 Å². The Kier molecular flexibility index (Phi) is 2.79. The highest BCUT2D eigenvalue weighted by atomic mass is 79.9. The van der Waals surface area contributed by atoms with Crippen molar-refractivity contribution in [1.29, 1.82) is 0 Å². The van der Waals surface area contributed by atoms with Crippen LogP contribution in [0.2, 0.25) is 0 Å². The van der Waals surface area contributed by atoms with Crippen molar-refractivity contribution in [3.8, 4) is 0 Å². The van der Waals surface area contributed by atoms with E-state index in [9.17, 15) is 0 Å². The lowest BCUT2D eigenvalue weighted by molar-refractivity contribution is 1.10. The van der Waals surface area contributed by atoms with Gasteiger partial charge in [-0.3, -0.25) is 5.10 Å². The number of rotatable bonds is 2. The van der Waals surface area contributed by atoms with Crippen molar-refractivity contribution in [1.82, 2.24) is 10.2 Å². The summed E-state index contributed by atoms with van der Waals surface area (Å²) in [6, 6.07) is 8.00. The molecule has 0 aliphatic carbocycles. The van der Waals surface area contributed by atoms with Crippen LogP contribution in [0.3, 0.4) is 0 Å². The van der Waals surface area contributed by atoms with E-state index in [1.165, 1.54) is 0 Å². The molecule has 0 spiro atoms. The minimum atomic E-state index is 0.603. The second kappa shape index (κ2) is 4.06. The zero-order valence-corrected chi connectivity index (χ0v) is 9.60. The third-order valence-corrected chi connectivity index (χ3v) is 3.76. The molecular weight excluding hydrogens is 262 g/mol. The first-order valence-corrected chi connectivity index (χ1v) is 5.59. The van der Waals surface area contributed by atoms with Crippen molar-refractivity contribution in [3.05, 3.63) is 34.9 Å². The number of hydrogen-bond acceptors (Lipinski definition) is 3. The van der Waals surface area contributed by atoms with Crippen LogP contribution in [0.4, 0.5) is 5.82 Å². The number of nitrogen functional groups attached to an aromatic ring is 1. The Labute approximate surface area is 94.2 Å². The maximum Gasteiger partial charge on any atom is 0.133 e. The summed E-state index contributed by atoms with van der Waals surface area (Å²) in [7, 11) is 0. The standard InChI is InChI=1S/C9H8BrN3S/c10-6-3-1-2-4-7(6)14-8-5-12-13-9(8)11/h1-5H,(H3,11,12,13). The van der Waals surface area contributed by atoms with Gasteiger partial charge in [-0.05, 0) is 28.1 Å². The molecule has 0 saturated heterocycles. The van der Waals surface area contributed by atoms with Crippen LogP contribution in [-0.2, 0) is 0 Å². The Bertz CT molecular complexity index is 441. The normalized spacial score (nSPS) is 10.4. The smallest absolute Gasteiger partial charge is 0.133 e. The predicted octanol–water partition coefficient (Wildman–Crippen LogP) is 2.91. The lowest BCUT2D eigenvalue weighted by Crippen LogP contribution is -1.85. The maximum atomic E-state index is 5.68. The van der Waals surface area contributed by atoms with Crippen LogP contribution >= 0.6 is 27.7 Å². The van der Waals surface area contributed by atoms with Gasteiger partial charge in [0, 0.05) is 9.37 Å². The van der Waals surface area contributed by atoms with Gasteiger partial charge in [0.25, 0.3) is 0 Å². The molecule has 2 rings (SSSR count). The molecule has 0 bridgehead atoms. The van der Waals surface area contributed by atoms with Gasteiger partial charge in [0.05, 0.1) is 11.1 Å². The highest BCUT2D eigenvalue weighted by molar-refractivity contribution is 9.10. The summed E-state index contributed by atoms with van der Waals surface area (Å²) in [6.45, 7) is 0. The van der Waals surface area contributed by atoms with Crippen molar-refractivity contribution in [3.63, 3.8) is 0 Å². The van der Waals surface area contributed by atoms with Crippen LogP contribution in [0.5, 0.6) is 0 Å². The third kappa shape index (κ3) is 1.93. The summed E-state index contributed by atoms with van der Waals surface area (Å²) in [4.78, 5) is 2.07. The molecule has 2 aromatic rings. The van der Waals surface area contributed by atoms with Crippen molar-refractivity contribution in [2.75, 3.05) is 5.73 Å². The Balaban J connectivity index is 2.28. The molecular formula is C9H8BrN3S. The summed E-state index contributed by atoms with van der Waals surface area (Å²) < 4.78 is 1.06. The molecule has 0 saturated carbocycles. The summed E-state index contributed by atoms with van der Waals surface area (Å²) in [6.07, 6.45) is 1.72. The molecule has 0 radical (unpaired) electrons. The third-order valence-electron chi connectivity index (χ3n) is 1.69. The quantitative estimate of drug-likeness (QED) is 0.882. The Morgan fingerprint density at radius 1 is 1.29 bits per heavy atom. The van der Waals surface area contributed by atoms with Gasteiger partial charge in [0.2, 0.25) is 0 Å². The van der Waals surface area contributed by atoms with Crippen molar-refractivity contribution in [2.24, 2.45) is 0 Å². The van der Waals surface area contributed by atoms with E-state index in [2.05, 4.69) is 26.1 Å². The van der Waals surface area contributed by atoms with Gasteiger partial charge in [-0.1, -0.05) is 23.9 Å². The number of benzene rings is 1. The first-order valence-electron chi connectivity index (χ1n) is 3.98. The van der Waals surface area contributed by atoms with Gasteiger partial charge in [-0.15, -0.1) is 0 Å². The number of nitrogens with two attached hydrogens (primary N) is 1. The lowest BCUT2D eigenvalue weighted by atomic mass is 10.4. The Hall–Kier alpha value is -0.940. The average molecular weight is 270 g/mol. The number of nitrogens with one attached hydrogen (secondary N) is 1. The van der Waals surface area contributed by atoms with Crippen molar-refractivity contribution < 1.29 is 0 Å². The second-order valence-corrected chi connectivity index (χ2v) is 4.62. The van der Waals surface area contributed by atoms with E-state index in [-0.39, 0.29) is 0 Å². The molecule has 0 amide bonds. The predicted molar refractivity (Wildman–Crippen MR) is 61.3 cm³/mol. The van der Waals surface area contributed by atoms with Gasteiger partial charge in [-0.25, -0.2) is 0 Å². The molecule has 72 valence electrons. The van der Waals surface area contributed by atoms with E-state index in [0.717, 1.165) is 14.3 Å². The molecule has 1 aromatic heterocycles. The van der Waals surface area contributed by atoms with Crippen molar-refractivity contribution in [2.45, 2.75) is 9.79 Å². The molecule has 5 heteroatoms. The number of aromatic amines is 1. The first kappa shape index (κ1) is 9.61. The topological polar surface area (TPSA) is 54.7 Å². The highest BCUT2D eigenvalue weighted by Gasteiger charge is 2.05. The van der Waals surface area contributed by atoms with Gasteiger partial charge in [0.1, 0.15) is 5.82 Å². The van der Waals surface area contributed by atoms with Crippen LogP contribution in [-0.4, -0.2) is 10.2 Å². The van der Waals surface area contributed by atoms with Crippen molar-refractivity contribution >= 4 is 33.5 Å². The van der Waals surface area contributed by atoms with Crippen LogP contribution in [0.1, 0.15) is 0 Å². The number of nitrogens with zero attached hydrogens (tertiary/aromatic N) is 1. The minimum Gasteiger partial charge on any atom is -0.383 e. The van der Waals surface area contributed by atoms with Crippen LogP contribution < -0.4 is 5.73 Å². The lowest BCUT2D eigenvalue weighted by Gasteiger charge is -2.01. The maximum absolute atomic E-state index is 5.68. The fraction of sp³-hybridized carbons (Fsp3) is 0. The van der Waals surface area contributed by atoms with Crippen LogP contribution in [0, 0.1) is 0 Å². The molecule has 14 heavy (non-hydrogen) atoms. The van der Waals surface area contributed by atoms with Crippen LogP contribution in [0.25, 0.3) is 0 Å². The zero-order valence-electron chi connectivity index (χ0n) is 7.20. The number of hydrogen-bond donors (Lipinski definition) is 2. The molecule has 0 aliphatic heterocycles. The van der Waals surface area contributed by atoms with E-state index >= 15 is 0 Å². The molecule has 0 fully saturated rings. The highest BCUT2D eigenvalue weighted by Crippen LogP contribution is 2.34. The molecule has 1 aromatic carbocycles. The van der Waals surface area contributed by atoms with Gasteiger partial charge >= 0.3 is 0 Å². The zero-order chi connectivity index (χ0) is 9.97. The molecule has 0 atom stereocenters. The molecule has 0 aliphatic rings. The van der Waals surface area contributed by atoms with Gasteiger partial charge in [-0.2, -0.15) is 5.10 Å². The first-order chi connectivity index (χ1) is 6.77. The summed E-state index contributed by atoms with van der Waals surface area (Å²) >= 11 is 5.06. The molecule has 1 heterocycles. The average Bonchev–Trinajstić information content (AvgIpc) is 2.56. The SMILES string of the molecule is Nc1[nH]ncc1Sc1ccccc1Br. The van der Waals surface area contributed by atoms with Gasteiger partial charge < -0.3 is 5.73 Å². The Morgan fingerprint density at radius 2 is 2.07 bits per heavy atom. The largest absolute Gasteiger partial charge is 0.383 e. The molecule has 0 unspecified atom stereocenters. The number of H-pyrrole nitrogens is 1. The summed E-state index contributed by atoms with van der Waals surface area (Å²) in [5.74, 6) is 0.603. The minimum absolute atomic E-state index is 0.603. The molecule has 3 nitrogen and oxygen atoms in total. The van der Waals surface area contributed by atoms with E-state index in [1.807, 2.05) is 24.3 Å². The monoisotopic (exact) mass is 269 g/mol. The number of halogens is 1. The van der Waals surface area contributed by atoms with E-state index in [0.29, 0.717) is 5.82 Å². The van der Waals surface area contributed by atoms with E-state index < -0.39 is 0 Å². The second-order valence-electron chi connectivity index (χ2n) is 2.68. The Morgan fingerprint density at radius 3 is 2.71 bits per heavy atom. The summed E-state index contributed by atoms with van der Waals surface area (Å²) in [5, 5.41) is 6.56. The van der Waals surface area contributed by atoms with Gasteiger partial charge in [0.15, 0.2) is 0 Å². The number of anilines is 1. The number of aromatic nitrogens is 2. The fourth-order valence-corrected chi connectivity index (χ4v) is 2.35. The molecule has 3 N–H and O–H groups in total. The van der Waals surface area contributed by atoms with Crippen LogP contribution in [0.15, 0.2) is 44.7 Å². The fourth-order valence-electron chi connectivity index (χ4n) is 1.01.